The third-order valence-electron chi connectivity index (χ3n) is 3.33. The Labute approximate surface area is 88.2 Å². The van der Waals surface area contributed by atoms with Crippen LogP contribution in [0.5, 0.6) is 0 Å². The molecular formula is C11H25N3. The first-order valence-electron chi connectivity index (χ1n) is 5.70. The molecule has 3 nitrogen and oxygen atoms in total. The first kappa shape index (κ1) is 12.0. The molecule has 14 heavy (non-hydrogen) atoms. The minimum Gasteiger partial charge on any atom is -0.328 e. The number of nitrogens with zero attached hydrogens (tertiary/aromatic N) is 2. The fraction of sp³-hybridized carbons (Fsp3) is 1.00. The molecule has 3 atom stereocenters. The lowest BCUT2D eigenvalue weighted by molar-refractivity contribution is 0.0729. The fourth-order valence-electron chi connectivity index (χ4n) is 2.16. The first-order valence-corrected chi connectivity index (χ1v) is 5.70. The van der Waals surface area contributed by atoms with Gasteiger partial charge in [0.25, 0.3) is 0 Å². The number of nitrogens with two attached hydrogens (primary N) is 1. The number of likely N-dealkylation sites (N-methyl/N-ethyl adjacent to an activating group) is 1. The summed E-state index contributed by atoms with van der Waals surface area (Å²) in [5, 5.41) is 0. The van der Waals surface area contributed by atoms with Gasteiger partial charge in [0.2, 0.25) is 0 Å². The van der Waals surface area contributed by atoms with Gasteiger partial charge in [-0.25, -0.2) is 0 Å². The zero-order valence-corrected chi connectivity index (χ0v) is 10.0. The normalized spacial score (nSPS) is 30.2. The van der Waals surface area contributed by atoms with Crippen molar-refractivity contribution in [2.24, 2.45) is 5.73 Å². The summed E-state index contributed by atoms with van der Waals surface area (Å²) >= 11 is 0. The van der Waals surface area contributed by atoms with Crippen LogP contribution in [-0.4, -0.2) is 54.6 Å². The summed E-state index contributed by atoms with van der Waals surface area (Å²) in [7, 11) is 2.21. The van der Waals surface area contributed by atoms with Crippen molar-refractivity contribution in [3.8, 4) is 0 Å². The lowest BCUT2D eigenvalue weighted by atomic mass is 10.1. The summed E-state index contributed by atoms with van der Waals surface area (Å²) in [6.45, 7) is 10.2. The maximum absolute atomic E-state index is 5.82. The van der Waals surface area contributed by atoms with E-state index >= 15 is 0 Å². The standard InChI is InChI=1S/C11H25N3/c1-9(12)7-10(2)14-6-5-13(4)11(3)8-14/h9-11H,5-8,12H2,1-4H3. The maximum Gasteiger partial charge on any atom is 0.0192 e. The second-order valence-electron chi connectivity index (χ2n) is 4.89. The summed E-state index contributed by atoms with van der Waals surface area (Å²) in [5.74, 6) is 0. The average Bonchev–Trinajstić information content (AvgIpc) is 2.08. The smallest absolute Gasteiger partial charge is 0.0192 e. The molecule has 1 saturated heterocycles. The van der Waals surface area contributed by atoms with Gasteiger partial charge in [-0.05, 0) is 34.2 Å². The van der Waals surface area contributed by atoms with Crippen LogP contribution in [0.3, 0.4) is 0 Å². The molecule has 0 aromatic carbocycles. The number of rotatable bonds is 3. The molecule has 0 aromatic heterocycles. The Bertz CT molecular complexity index is 170. The van der Waals surface area contributed by atoms with E-state index in [1.807, 2.05) is 0 Å². The predicted octanol–water partition coefficient (Wildman–Crippen LogP) is 0.748. The molecule has 0 saturated carbocycles. The largest absolute Gasteiger partial charge is 0.328 e. The van der Waals surface area contributed by atoms with Gasteiger partial charge in [0.05, 0.1) is 0 Å². The Morgan fingerprint density at radius 3 is 2.50 bits per heavy atom. The fourth-order valence-corrected chi connectivity index (χ4v) is 2.16. The number of piperazine rings is 1. The Morgan fingerprint density at radius 1 is 1.36 bits per heavy atom. The highest BCUT2D eigenvalue weighted by molar-refractivity contribution is 4.81. The molecule has 0 amide bonds. The van der Waals surface area contributed by atoms with Crippen molar-refractivity contribution in [2.45, 2.75) is 45.3 Å². The van der Waals surface area contributed by atoms with Crippen molar-refractivity contribution < 1.29 is 0 Å². The monoisotopic (exact) mass is 199 g/mol. The molecule has 2 N–H and O–H groups in total. The van der Waals surface area contributed by atoms with Crippen LogP contribution in [0.2, 0.25) is 0 Å². The van der Waals surface area contributed by atoms with Gasteiger partial charge in [-0.2, -0.15) is 0 Å². The molecule has 0 aliphatic carbocycles. The van der Waals surface area contributed by atoms with Gasteiger partial charge in [-0.3, -0.25) is 4.90 Å². The van der Waals surface area contributed by atoms with Crippen LogP contribution in [0.25, 0.3) is 0 Å². The topological polar surface area (TPSA) is 32.5 Å². The zero-order valence-electron chi connectivity index (χ0n) is 10.0. The van der Waals surface area contributed by atoms with Crippen LogP contribution in [0.15, 0.2) is 0 Å². The summed E-state index contributed by atoms with van der Waals surface area (Å²) in [6.07, 6.45) is 1.11. The van der Waals surface area contributed by atoms with E-state index in [2.05, 4.69) is 37.6 Å². The third kappa shape index (κ3) is 3.23. The van der Waals surface area contributed by atoms with Gasteiger partial charge in [0, 0.05) is 37.8 Å². The van der Waals surface area contributed by atoms with Gasteiger partial charge >= 0.3 is 0 Å². The summed E-state index contributed by atoms with van der Waals surface area (Å²) in [4.78, 5) is 4.99. The number of hydrogen-bond donors (Lipinski definition) is 1. The van der Waals surface area contributed by atoms with Crippen molar-refractivity contribution in [1.82, 2.24) is 9.80 Å². The van der Waals surface area contributed by atoms with Gasteiger partial charge in [0.15, 0.2) is 0 Å². The summed E-state index contributed by atoms with van der Waals surface area (Å²) < 4.78 is 0. The molecule has 1 aliphatic heterocycles. The molecule has 0 spiro atoms. The van der Waals surface area contributed by atoms with Crippen LogP contribution in [0, 0.1) is 0 Å². The van der Waals surface area contributed by atoms with E-state index in [0.717, 1.165) is 6.42 Å². The van der Waals surface area contributed by atoms with Gasteiger partial charge in [-0.15, -0.1) is 0 Å². The Hall–Kier alpha value is -0.120. The SMILES string of the molecule is CC(N)CC(C)N1CCN(C)C(C)C1. The first-order chi connectivity index (χ1) is 6.50. The van der Waals surface area contributed by atoms with Gasteiger partial charge in [-0.1, -0.05) is 0 Å². The molecular weight excluding hydrogens is 174 g/mol. The molecule has 84 valence electrons. The van der Waals surface area contributed by atoms with Crippen molar-refractivity contribution in [2.75, 3.05) is 26.7 Å². The summed E-state index contributed by atoms with van der Waals surface area (Å²) in [6, 6.07) is 1.63. The summed E-state index contributed by atoms with van der Waals surface area (Å²) in [5.41, 5.74) is 5.82. The Balaban J connectivity index is 2.38. The minimum atomic E-state index is 0.319. The quantitative estimate of drug-likeness (QED) is 0.728. The van der Waals surface area contributed by atoms with Crippen molar-refractivity contribution in [3.63, 3.8) is 0 Å². The molecule has 3 unspecified atom stereocenters. The highest BCUT2D eigenvalue weighted by Crippen LogP contribution is 2.13. The molecule has 3 heteroatoms. The van der Waals surface area contributed by atoms with Crippen LogP contribution in [0.1, 0.15) is 27.2 Å². The van der Waals surface area contributed by atoms with E-state index in [4.69, 9.17) is 5.73 Å². The van der Waals surface area contributed by atoms with Crippen LogP contribution in [0.4, 0.5) is 0 Å². The average molecular weight is 199 g/mol. The third-order valence-corrected chi connectivity index (χ3v) is 3.33. The van der Waals surface area contributed by atoms with E-state index < -0.39 is 0 Å². The highest BCUT2D eigenvalue weighted by Gasteiger charge is 2.24. The second kappa shape index (κ2) is 5.10. The van der Waals surface area contributed by atoms with Crippen molar-refractivity contribution >= 4 is 0 Å². The van der Waals surface area contributed by atoms with Gasteiger partial charge in [0.1, 0.15) is 0 Å². The highest BCUT2D eigenvalue weighted by atomic mass is 15.3. The van der Waals surface area contributed by atoms with E-state index in [-0.39, 0.29) is 0 Å². The van der Waals surface area contributed by atoms with E-state index in [9.17, 15) is 0 Å². The lowest BCUT2D eigenvalue weighted by Gasteiger charge is -2.41. The lowest BCUT2D eigenvalue weighted by Crippen LogP contribution is -2.53. The molecule has 1 aliphatic rings. The molecule has 1 heterocycles. The zero-order chi connectivity index (χ0) is 10.7. The molecule has 0 bridgehead atoms. The van der Waals surface area contributed by atoms with Gasteiger partial charge < -0.3 is 10.6 Å². The second-order valence-corrected chi connectivity index (χ2v) is 4.89. The molecule has 0 radical (unpaired) electrons. The number of hydrogen-bond acceptors (Lipinski definition) is 3. The Morgan fingerprint density at radius 2 is 2.00 bits per heavy atom. The molecule has 0 aromatic rings. The van der Waals surface area contributed by atoms with E-state index in [1.165, 1.54) is 19.6 Å². The van der Waals surface area contributed by atoms with Crippen LogP contribution < -0.4 is 5.73 Å². The minimum absolute atomic E-state index is 0.319. The predicted molar refractivity (Wildman–Crippen MR) is 61.4 cm³/mol. The van der Waals surface area contributed by atoms with Crippen molar-refractivity contribution in [3.05, 3.63) is 0 Å². The maximum atomic E-state index is 5.82. The molecule has 1 fully saturated rings. The van der Waals surface area contributed by atoms with Crippen LogP contribution in [-0.2, 0) is 0 Å². The molecule has 1 rings (SSSR count). The van der Waals surface area contributed by atoms with E-state index in [0.29, 0.717) is 18.1 Å². The Kier molecular flexibility index (Phi) is 4.35. The van der Waals surface area contributed by atoms with Crippen LogP contribution >= 0.6 is 0 Å². The van der Waals surface area contributed by atoms with E-state index in [1.54, 1.807) is 0 Å². The van der Waals surface area contributed by atoms with Crippen molar-refractivity contribution in [1.29, 1.82) is 0 Å².